The van der Waals surface area contributed by atoms with Gasteiger partial charge in [0.2, 0.25) is 0 Å². The van der Waals surface area contributed by atoms with Crippen LogP contribution in [0.5, 0.6) is 0 Å². The topological polar surface area (TPSA) is 67.5 Å². The SMILES string of the molecule is CC(C)(C(=O)O)c1ccc2nncn2c1. The Morgan fingerprint density at radius 2 is 2.20 bits per heavy atom. The van der Waals surface area contributed by atoms with Crippen molar-refractivity contribution in [3.05, 3.63) is 30.2 Å². The second-order valence-corrected chi connectivity index (χ2v) is 3.94. The lowest BCUT2D eigenvalue weighted by Crippen LogP contribution is -2.28. The molecule has 0 aliphatic heterocycles. The minimum atomic E-state index is -0.904. The van der Waals surface area contributed by atoms with E-state index in [0.717, 1.165) is 5.56 Å². The Morgan fingerprint density at radius 1 is 1.47 bits per heavy atom. The summed E-state index contributed by atoms with van der Waals surface area (Å²) in [5.74, 6) is -0.852. The average molecular weight is 205 g/mol. The molecule has 2 aromatic heterocycles. The molecule has 15 heavy (non-hydrogen) atoms. The first-order chi connectivity index (χ1) is 7.01. The summed E-state index contributed by atoms with van der Waals surface area (Å²) in [6.07, 6.45) is 3.29. The summed E-state index contributed by atoms with van der Waals surface area (Å²) in [6, 6.07) is 3.52. The van der Waals surface area contributed by atoms with Gasteiger partial charge in [0.15, 0.2) is 5.65 Å². The predicted octanol–water partition coefficient (Wildman–Crippen LogP) is 1.09. The summed E-state index contributed by atoms with van der Waals surface area (Å²) < 4.78 is 1.71. The summed E-state index contributed by atoms with van der Waals surface area (Å²) in [7, 11) is 0. The molecule has 5 heteroatoms. The summed E-state index contributed by atoms with van der Waals surface area (Å²) in [6.45, 7) is 3.34. The van der Waals surface area contributed by atoms with Gasteiger partial charge in [-0.05, 0) is 25.5 Å². The molecular formula is C10H11N3O2. The molecule has 5 nitrogen and oxygen atoms in total. The van der Waals surface area contributed by atoms with Crippen LogP contribution < -0.4 is 0 Å². The molecule has 0 aromatic carbocycles. The molecule has 0 unspecified atom stereocenters. The smallest absolute Gasteiger partial charge is 0.313 e. The zero-order valence-electron chi connectivity index (χ0n) is 8.51. The lowest BCUT2D eigenvalue weighted by atomic mass is 9.86. The molecule has 0 radical (unpaired) electrons. The van der Waals surface area contributed by atoms with Crippen LogP contribution in [0.15, 0.2) is 24.7 Å². The molecule has 0 fully saturated rings. The molecule has 0 spiro atoms. The minimum absolute atomic E-state index is 0.708. The number of hydrogen-bond donors (Lipinski definition) is 1. The van der Waals surface area contributed by atoms with Gasteiger partial charge in [-0.2, -0.15) is 0 Å². The van der Waals surface area contributed by atoms with E-state index in [4.69, 9.17) is 5.11 Å². The van der Waals surface area contributed by atoms with E-state index in [1.165, 1.54) is 0 Å². The second-order valence-electron chi connectivity index (χ2n) is 3.94. The molecular weight excluding hydrogens is 194 g/mol. The number of hydrogen-bond acceptors (Lipinski definition) is 3. The molecule has 0 aliphatic carbocycles. The predicted molar refractivity (Wildman–Crippen MR) is 53.6 cm³/mol. The highest BCUT2D eigenvalue weighted by Crippen LogP contribution is 2.23. The highest BCUT2D eigenvalue weighted by Gasteiger charge is 2.29. The number of fused-ring (bicyclic) bond motifs is 1. The Kier molecular flexibility index (Phi) is 1.96. The molecule has 1 N–H and O–H groups in total. The van der Waals surface area contributed by atoms with Gasteiger partial charge in [-0.1, -0.05) is 6.07 Å². The van der Waals surface area contributed by atoms with Crippen LogP contribution in [0.1, 0.15) is 19.4 Å². The number of carboxylic acids is 1. The van der Waals surface area contributed by atoms with Crippen molar-refractivity contribution in [3.8, 4) is 0 Å². The maximum Gasteiger partial charge on any atom is 0.313 e. The maximum absolute atomic E-state index is 11.1. The zero-order valence-corrected chi connectivity index (χ0v) is 8.51. The molecule has 0 bridgehead atoms. The minimum Gasteiger partial charge on any atom is -0.481 e. The fraction of sp³-hybridized carbons (Fsp3) is 0.300. The van der Waals surface area contributed by atoms with Gasteiger partial charge in [-0.15, -0.1) is 10.2 Å². The van der Waals surface area contributed by atoms with Crippen molar-refractivity contribution in [1.29, 1.82) is 0 Å². The standard InChI is InChI=1S/C10H11N3O2/c1-10(2,9(14)15)7-3-4-8-12-11-6-13(8)5-7/h3-6H,1-2H3,(H,14,15). The summed E-state index contributed by atoms with van der Waals surface area (Å²) in [4.78, 5) is 11.1. The van der Waals surface area contributed by atoms with Crippen molar-refractivity contribution >= 4 is 11.6 Å². The molecule has 2 heterocycles. The normalized spacial score (nSPS) is 11.9. The second kappa shape index (κ2) is 3.05. The van der Waals surface area contributed by atoms with Gasteiger partial charge in [0.05, 0.1) is 5.41 Å². The van der Waals surface area contributed by atoms with E-state index in [9.17, 15) is 4.79 Å². The van der Waals surface area contributed by atoms with Gasteiger partial charge < -0.3 is 5.11 Å². The Labute approximate surface area is 86.4 Å². The number of pyridine rings is 1. The van der Waals surface area contributed by atoms with Crippen molar-refractivity contribution in [2.24, 2.45) is 0 Å². The van der Waals surface area contributed by atoms with E-state index < -0.39 is 11.4 Å². The monoisotopic (exact) mass is 205 g/mol. The van der Waals surface area contributed by atoms with Gasteiger partial charge in [0.25, 0.3) is 0 Å². The van der Waals surface area contributed by atoms with Gasteiger partial charge in [0.1, 0.15) is 6.33 Å². The van der Waals surface area contributed by atoms with E-state index in [0.29, 0.717) is 5.65 Å². The molecule has 0 saturated heterocycles. The van der Waals surface area contributed by atoms with Crippen molar-refractivity contribution in [1.82, 2.24) is 14.6 Å². The van der Waals surface area contributed by atoms with E-state index in [2.05, 4.69) is 10.2 Å². The fourth-order valence-corrected chi connectivity index (χ4v) is 1.32. The lowest BCUT2D eigenvalue weighted by Gasteiger charge is -2.19. The Balaban J connectivity index is 2.57. The third-order valence-electron chi connectivity index (χ3n) is 2.55. The molecule has 0 atom stereocenters. The quantitative estimate of drug-likeness (QED) is 0.796. The van der Waals surface area contributed by atoms with Crippen molar-refractivity contribution in [3.63, 3.8) is 0 Å². The zero-order chi connectivity index (χ0) is 11.1. The highest BCUT2D eigenvalue weighted by atomic mass is 16.4. The number of carboxylic acid groups (broad SMARTS) is 1. The molecule has 2 aromatic rings. The van der Waals surface area contributed by atoms with Crippen LogP contribution in [0.4, 0.5) is 0 Å². The molecule has 78 valence electrons. The van der Waals surface area contributed by atoms with E-state index in [-0.39, 0.29) is 0 Å². The first-order valence-corrected chi connectivity index (χ1v) is 4.55. The highest BCUT2D eigenvalue weighted by molar-refractivity contribution is 5.80. The number of rotatable bonds is 2. The maximum atomic E-state index is 11.1. The molecule has 0 amide bonds. The first-order valence-electron chi connectivity index (χ1n) is 4.55. The van der Waals surface area contributed by atoms with E-state index >= 15 is 0 Å². The molecule has 0 aliphatic rings. The van der Waals surface area contributed by atoms with Crippen LogP contribution >= 0.6 is 0 Å². The van der Waals surface area contributed by atoms with Crippen LogP contribution in [0, 0.1) is 0 Å². The summed E-state index contributed by atoms with van der Waals surface area (Å²) in [5.41, 5.74) is 0.528. The van der Waals surface area contributed by atoms with E-state index in [1.54, 1.807) is 42.9 Å². The van der Waals surface area contributed by atoms with Crippen LogP contribution in [-0.4, -0.2) is 25.7 Å². The van der Waals surface area contributed by atoms with Gasteiger partial charge in [-0.25, -0.2) is 0 Å². The van der Waals surface area contributed by atoms with E-state index in [1.807, 2.05) is 0 Å². The van der Waals surface area contributed by atoms with Crippen molar-refractivity contribution in [2.75, 3.05) is 0 Å². The van der Waals surface area contributed by atoms with Crippen molar-refractivity contribution < 1.29 is 9.90 Å². The summed E-state index contributed by atoms with van der Waals surface area (Å²) >= 11 is 0. The first kappa shape index (κ1) is 9.64. The van der Waals surface area contributed by atoms with Crippen molar-refractivity contribution in [2.45, 2.75) is 19.3 Å². The number of carbonyl (C=O) groups is 1. The molecule has 0 saturated carbocycles. The van der Waals surface area contributed by atoms with Crippen LogP contribution in [-0.2, 0) is 10.2 Å². The lowest BCUT2D eigenvalue weighted by molar-refractivity contribution is -0.142. The van der Waals surface area contributed by atoms with Crippen LogP contribution in [0.2, 0.25) is 0 Å². The third kappa shape index (κ3) is 1.45. The van der Waals surface area contributed by atoms with Crippen LogP contribution in [0.3, 0.4) is 0 Å². The Bertz CT molecular complexity index is 516. The van der Waals surface area contributed by atoms with Gasteiger partial charge in [-0.3, -0.25) is 9.20 Å². The number of aromatic nitrogens is 3. The largest absolute Gasteiger partial charge is 0.481 e. The Hall–Kier alpha value is -1.91. The Morgan fingerprint density at radius 3 is 2.87 bits per heavy atom. The van der Waals surface area contributed by atoms with Gasteiger partial charge >= 0.3 is 5.97 Å². The van der Waals surface area contributed by atoms with Crippen LogP contribution in [0.25, 0.3) is 5.65 Å². The van der Waals surface area contributed by atoms with Gasteiger partial charge in [0, 0.05) is 6.20 Å². The fourth-order valence-electron chi connectivity index (χ4n) is 1.32. The molecule has 2 rings (SSSR count). The third-order valence-corrected chi connectivity index (χ3v) is 2.55. The summed E-state index contributed by atoms with van der Waals surface area (Å²) in [5, 5.41) is 16.7. The number of nitrogens with zero attached hydrogens (tertiary/aromatic N) is 3. The number of aliphatic carboxylic acids is 1. The average Bonchev–Trinajstić information content (AvgIpc) is 2.63.